The highest BCUT2D eigenvalue weighted by Gasteiger charge is 2.31. The van der Waals surface area contributed by atoms with Crippen molar-refractivity contribution in [3.8, 4) is 5.69 Å². The fraction of sp³-hybridized carbons (Fsp3) is 0.176. The summed E-state index contributed by atoms with van der Waals surface area (Å²) in [6.45, 7) is 0. The molecule has 0 aliphatic carbocycles. The van der Waals surface area contributed by atoms with Gasteiger partial charge in [0.1, 0.15) is 5.82 Å². The number of aryl methyl sites for hydroxylation is 1. The summed E-state index contributed by atoms with van der Waals surface area (Å²) in [5.41, 5.74) is 6.78. The highest BCUT2D eigenvalue weighted by Crippen LogP contribution is 2.23. The molecule has 3 rings (SSSR count). The molecule has 1 aromatic carbocycles. The molecule has 1 aliphatic heterocycles. The average molecular weight is 340 g/mol. The second-order valence-electron chi connectivity index (χ2n) is 5.62. The van der Waals surface area contributed by atoms with E-state index in [9.17, 15) is 19.2 Å². The number of nitrogens with one attached hydrogen (secondary N) is 2. The highest BCUT2D eigenvalue weighted by molar-refractivity contribution is 6.23. The van der Waals surface area contributed by atoms with Crippen LogP contribution in [0, 0.1) is 0 Å². The van der Waals surface area contributed by atoms with E-state index in [2.05, 4.69) is 10.6 Å². The summed E-state index contributed by atoms with van der Waals surface area (Å²) < 4.78 is 1.18. The molecule has 0 radical (unpaired) electrons. The molecule has 0 bridgehead atoms. The van der Waals surface area contributed by atoms with E-state index in [-0.39, 0.29) is 22.9 Å². The van der Waals surface area contributed by atoms with Gasteiger partial charge in [0.15, 0.2) is 0 Å². The number of nitrogens with two attached hydrogens (primary N) is 1. The Balaban J connectivity index is 2.05. The van der Waals surface area contributed by atoms with Gasteiger partial charge in [0.25, 0.3) is 17.4 Å². The molecule has 128 valence electrons. The van der Waals surface area contributed by atoms with Gasteiger partial charge in [-0.15, -0.1) is 0 Å². The molecule has 25 heavy (non-hydrogen) atoms. The number of nitrogens with zero attached hydrogens (tertiary/aromatic N) is 1. The molecule has 8 heteroatoms. The minimum absolute atomic E-state index is 0.000337. The first-order chi connectivity index (χ1) is 11.9. The summed E-state index contributed by atoms with van der Waals surface area (Å²) in [6.07, 6.45) is 0.803. The van der Waals surface area contributed by atoms with Crippen LogP contribution < -0.4 is 21.9 Å². The molecule has 8 nitrogen and oxygen atoms in total. The van der Waals surface area contributed by atoms with Crippen LogP contribution in [-0.4, -0.2) is 29.3 Å². The van der Waals surface area contributed by atoms with Crippen LogP contribution in [0.3, 0.4) is 0 Å². The predicted molar refractivity (Wildman–Crippen MR) is 90.6 cm³/mol. The van der Waals surface area contributed by atoms with Gasteiger partial charge in [0.2, 0.25) is 5.91 Å². The molecule has 0 fully saturated rings. The van der Waals surface area contributed by atoms with Crippen LogP contribution in [0.1, 0.15) is 32.7 Å². The summed E-state index contributed by atoms with van der Waals surface area (Å²) in [5.74, 6) is -1.43. The van der Waals surface area contributed by atoms with Gasteiger partial charge in [0.05, 0.1) is 16.8 Å². The zero-order valence-electron chi connectivity index (χ0n) is 13.5. The third-order valence-corrected chi connectivity index (χ3v) is 4.04. The van der Waals surface area contributed by atoms with E-state index in [1.54, 1.807) is 25.2 Å². The van der Waals surface area contributed by atoms with Crippen LogP contribution in [0.15, 0.2) is 35.1 Å². The van der Waals surface area contributed by atoms with Crippen molar-refractivity contribution < 1.29 is 14.4 Å². The van der Waals surface area contributed by atoms with E-state index in [0.29, 0.717) is 18.5 Å². The van der Waals surface area contributed by atoms with E-state index in [0.717, 1.165) is 11.6 Å². The Morgan fingerprint density at radius 1 is 1.20 bits per heavy atom. The number of nitrogen functional groups attached to an aromatic ring is 1. The van der Waals surface area contributed by atoms with Gasteiger partial charge in [-0.1, -0.05) is 12.1 Å². The van der Waals surface area contributed by atoms with Gasteiger partial charge in [-0.05, 0) is 24.1 Å². The normalized spacial score (nSPS) is 12.7. The molecule has 0 unspecified atom stereocenters. The highest BCUT2D eigenvalue weighted by atomic mass is 16.2. The molecule has 2 aromatic rings. The van der Waals surface area contributed by atoms with E-state index < -0.39 is 17.4 Å². The van der Waals surface area contributed by atoms with E-state index in [1.807, 2.05) is 6.07 Å². The Labute approximate surface area is 142 Å². The topological polar surface area (TPSA) is 123 Å². The Morgan fingerprint density at radius 3 is 2.68 bits per heavy atom. The number of carbonyl (C=O) groups is 3. The molecule has 0 saturated carbocycles. The van der Waals surface area contributed by atoms with Crippen molar-refractivity contribution in [3.05, 3.63) is 57.4 Å². The van der Waals surface area contributed by atoms with E-state index in [1.165, 1.54) is 4.57 Å². The first kappa shape index (κ1) is 16.4. The molecule has 2 heterocycles. The largest absolute Gasteiger partial charge is 0.384 e. The number of hydrogen-bond acceptors (Lipinski definition) is 5. The molecule has 0 spiro atoms. The van der Waals surface area contributed by atoms with Crippen molar-refractivity contribution in [1.29, 1.82) is 0 Å². The van der Waals surface area contributed by atoms with Gasteiger partial charge in [-0.25, -0.2) is 0 Å². The number of aromatic nitrogens is 1. The van der Waals surface area contributed by atoms with Crippen LogP contribution in [0.4, 0.5) is 5.82 Å². The van der Waals surface area contributed by atoms with Crippen LogP contribution in [0.2, 0.25) is 0 Å². The van der Waals surface area contributed by atoms with Gasteiger partial charge < -0.3 is 11.1 Å². The molecule has 1 aliphatic rings. The lowest BCUT2D eigenvalue weighted by Crippen LogP contribution is -2.24. The SMILES string of the molecule is CNC(=O)CCc1cccc(-n2c(N)c3c(cc2=O)C(=O)NC3=O)c1. The maximum absolute atomic E-state index is 12.4. The number of amides is 3. The lowest BCUT2D eigenvalue weighted by atomic mass is 10.1. The van der Waals surface area contributed by atoms with Crippen LogP contribution in [0.25, 0.3) is 5.69 Å². The number of fused-ring (bicyclic) bond motifs is 1. The van der Waals surface area contributed by atoms with Crippen molar-refractivity contribution in [1.82, 2.24) is 15.2 Å². The Hall–Kier alpha value is -3.42. The quantitative estimate of drug-likeness (QED) is 0.675. The number of anilines is 1. The molecular formula is C17H16N4O4. The molecule has 0 saturated heterocycles. The summed E-state index contributed by atoms with van der Waals surface area (Å²) in [7, 11) is 1.57. The number of rotatable bonds is 4. The van der Waals surface area contributed by atoms with Crippen molar-refractivity contribution in [3.63, 3.8) is 0 Å². The van der Waals surface area contributed by atoms with Gasteiger partial charge in [0, 0.05) is 19.5 Å². The smallest absolute Gasteiger partial charge is 0.262 e. The fourth-order valence-corrected chi connectivity index (χ4v) is 2.78. The number of benzene rings is 1. The van der Waals surface area contributed by atoms with Gasteiger partial charge in [-0.3, -0.25) is 29.1 Å². The summed E-state index contributed by atoms with van der Waals surface area (Å²) >= 11 is 0. The van der Waals surface area contributed by atoms with E-state index in [4.69, 9.17) is 5.73 Å². The first-order valence-corrected chi connectivity index (χ1v) is 7.63. The third kappa shape index (κ3) is 2.89. The number of hydrogen-bond donors (Lipinski definition) is 3. The molecule has 0 atom stereocenters. The molecule has 1 aromatic heterocycles. The molecule has 4 N–H and O–H groups in total. The standard InChI is InChI=1S/C17H16N4O4/c1-19-12(22)6-5-9-3-2-4-10(7-9)21-13(23)8-11-14(15(21)18)17(25)20-16(11)24/h2-4,7-8H,5-6,18H2,1H3,(H,19,22)(H,20,24,25). The zero-order chi connectivity index (χ0) is 18.1. The number of carbonyl (C=O) groups excluding carboxylic acids is 3. The number of imide groups is 1. The van der Waals surface area contributed by atoms with E-state index >= 15 is 0 Å². The average Bonchev–Trinajstić information content (AvgIpc) is 2.87. The maximum atomic E-state index is 12.4. The lowest BCUT2D eigenvalue weighted by Gasteiger charge is -2.13. The van der Waals surface area contributed by atoms with Crippen LogP contribution in [0.5, 0.6) is 0 Å². The van der Waals surface area contributed by atoms with Crippen molar-refractivity contribution in [2.75, 3.05) is 12.8 Å². The molecule has 3 amide bonds. The first-order valence-electron chi connectivity index (χ1n) is 7.63. The monoisotopic (exact) mass is 340 g/mol. The molecular weight excluding hydrogens is 324 g/mol. The Kier molecular flexibility index (Phi) is 4.10. The Morgan fingerprint density at radius 2 is 1.96 bits per heavy atom. The van der Waals surface area contributed by atoms with Gasteiger partial charge >= 0.3 is 0 Å². The fourth-order valence-electron chi connectivity index (χ4n) is 2.78. The van der Waals surface area contributed by atoms with Crippen molar-refractivity contribution >= 4 is 23.5 Å². The Bertz CT molecular complexity index is 962. The van der Waals surface area contributed by atoms with Crippen molar-refractivity contribution in [2.24, 2.45) is 0 Å². The number of pyridine rings is 1. The zero-order valence-corrected chi connectivity index (χ0v) is 13.5. The minimum Gasteiger partial charge on any atom is -0.384 e. The summed E-state index contributed by atoms with van der Waals surface area (Å²) in [6, 6.07) is 8.06. The minimum atomic E-state index is -0.629. The predicted octanol–water partition coefficient (Wildman–Crippen LogP) is -0.0181. The van der Waals surface area contributed by atoms with Crippen LogP contribution in [-0.2, 0) is 11.2 Å². The van der Waals surface area contributed by atoms with Crippen molar-refractivity contribution in [2.45, 2.75) is 12.8 Å². The second-order valence-corrected chi connectivity index (χ2v) is 5.62. The summed E-state index contributed by atoms with van der Waals surface area (Å²) in [4.78, 5) is 47.4. The third-order valence-electron chi connectivity index (χ3n) is 4.04. The summed E-state index contributed by atoms with van der Waals surface area (Å²) in [5, 5.41) is 4.67. The van der Waals surface area contributed by atoms with Gasteiger partial charge in [-0.2, -0.15) is 0 Å². The second kappa shape index (κ2) is 6.23. The lowest BCUT2D eigenvalue weighted by molar-refractivity contribution is -0.120. The maximum Gasteiger partial charge on any atom is 0.262 e. The van der Waals surface area contributed by atoms with Crippen LogP contribution >= 0.6 is 0 Å².